The fraction of sp³-hybridized carbons (Fsp3) is 0.462. The number of hydrogen-bond acceptors (Lipinski definition) is 3. The number of amides is 1. The number of carbonyl (C=O) groups excluding carboxylic acids is 1. The minimum Gasteiger partial charge on any atom is -0.497 e. The second-order valence-electron chi connectivity index (χ2n) is 4.42. The van der Waals surface area contributed by atoms with E-state index >= 15 is 0 Å². The molecule has 1 aromatic rings. The smallest absolute Gasteiger partial charge is 0.227 e. The summed E-state index contributed by atoms with van der Waals surface area (Å²) in [5.41, 5.74) is 6.77. The maximum absolute atomic E-state index is 12.0. The highest BCUT2D eigenvalue weighted by Crippen LogP contribution is 2.15. The first-order valence-electron chi connectivity index (χ1n) is 5.85. The minimum atomic E-state index is 0. The summed E-state index contributed by atoms with van der Waals surface area (Å²) in [6.45, 7) is 1.47. The van der Waals surface area contributed by atoms with Crippen molar-refractivity contribution in [2.45, 2.75) is 18.9 Å². The van der Waals surface area contributed by atoms with E-state index in [2.05, 4.69) is 0 Å². The lowest BCUT2D eigenvalue weighted by atomic mass is 10.1. The van der Waals surface area contributed by atoms with Gasteiger partial charge in [0.2, 0.25) is 5.91 Å². The summed E-state index contributed by atoms with van der Waals surface area (Å²) in [6, 6.07) is 7.76. The lowest BCUT2D eigenvalue weighted by Gasteiger charge is -2.15. The maximum Gasteiger partial charge on any atom is 0.227 e. The minimum absolute atomic E-state index is 0. The molecule has 1 aliphatic heterocycles. The van der Waals surface area contributed by atoms with Gasteiger partial charge in [-0.05, 0) is 24.1 Å². The summed E-state index contributed by atoms with van der Waals surface area (Å²) in [5.74, 6) is 0.930. The van der Waals surface area contributed by atoms with Gasteiger partial charge in [-0.1, -0.05) is 12.1 Å². The van der Waals surface area contributed by atoms with Crippen LogP contribution in [0.1, 0.15) is 12.0 Å². The molecule has 1 fully saturated rings. The summed E-state index contributed by atoms with van der Waals surface area (Å²) in [6.07, 6.45) is 1.33. The average molecular weight is 271 g/mol. The first-order chi connectivity index (χ1) is 8.19. The van der Waals surface area contributed by atoms with E-state index in [0.717, 1.165) is 24.3 Å². The Balaban J connectivity index is 0.00000162. The van der Waals surface area contributed by atoms with Crippen molar-refractivity contribution in [2.75, 3.05) is 20.2 Å². The lowest BCUT2D eigenvalue weighted by Crippen LogP contribution is -2.32. The number of hydrogen-bond donors (Lipinski definition) is 1. The van der Waals surface area contributed by atoms with Crippen molar-refractivity contribution in [3.8, 4) is 5.75 Å². The highest BCUT2D eigenvalue weighted by molar-refractivity contribution is 5.85. The second kappa shape index (κ2) is 6.61. The SMILES string of the molecule is COc1cccc(CC(=O)N2CC[C@@H](N)C2)c1.Cl. The maximum atomic E-state index is 12.0. The summed E-state index contributed by atoms with van der Waals surface area (Å²) in [4.78, 5) is 13.8. The Bertz CT molecular complexity index is 412. The van der Waals surface area contributed by atoms with Crippen molar-refractivity contribution in [1.29, 1.82) is 0 Å². The van der Waals surface area contributed by atoms with Crippen molar-refractivity contribution in [1.82, 2.24) is 4.90 Å². The predicted molar refractivity (Wildman–Crippen MR) is 73.1 cm³/mol. The van der Waals surface area contributed by atoms with E-state index < -0.39 is 0 Å². The first kappa shape index (κ1) is 14.8. The third-order valence-electron chi connectivity index (χ3n) is 3.07. The number of methoxy groups -OCH3 is 1. The largest absolute Gasteiger partial charge is 0.497 e. The molecule has 1 amide bonds. The molecule has 0 aromatic heterocycles. The summed E-state index contributed by atoms with van der Waals surface area (Å²) in [7, 11) is 1.63. The number of nitrogens with zero attached hydrogens (tertiary/aromatic N) is 1. The van der Waals surface area contributed by atoms with Gasteiger partial charge in [0, 0.05) is 19.1 Å². The molecule has 1 saturated heterocycles. The molecule has 1 aromatic carbocycles. The van der Waals surface area contributed by atoms with E-state index in [0.29, 0.717) is 13.0 Å². The number of nitrogens with two attached hydrogens (primary N) is 1. The van der Waals surface area contributed by atoms with Crippen molar-refractivity contribution in [3.05, 3.63) is 29.8 Å². The highest BCUT2D eigenvalue weighted by Gasteiger charge is 2.23. The Hall–Kier alpha value is -1.26. The van der Waals surface area contributed by atoms with Gasteiger partial charge in [-0.15, -0.1) is 12.4 Å². The van der Waals surface area contributed by atoms with Gasteiger partial charge in [0.05, 0.1) is 13.5 Å². The van der Waals surface area contributed by atoms with Gasteiger partial charge in [-0.25, -0.2) is 0 Å². The van der Waals surface area contributed by atoms with Crippen molar-refractivity contribution in [3.63, 3.8) is 0 Å². The normalized spacial score (nSPS) is 18.3. The summed E-state index contributed by atoms with van der Waals surface area (Å²) in [5, 5.41) is 0. The lowest BCUT2D eigenvalue weighted by molar-refractivity contribution is -0.129. The van der Waals surface area contributed by atoms with E-state index in [1.807, 2.05) is 29.2 Å². The van der Waals surface area contributed by atoms with Gasteiger partial charge in [0.25, 0.3) is 0 Å². The van der Waals surface area contributed by atoms with E-state index in [9.17, 15) is 4.79 Å². The summed E-state index contributed by atoms with van der Waals surface area (Å²) >= 11 is 0. The molecule has 18 heavy (non-hydrogen) atoms. The summed E-state index contributed by atoms with van der Waals surface area (Å²) < 4.78 is 5.13. The van der Waals surface area contributed by atoms with E-state index in [-0.39, 0.29) is 24.4 Å². The number of rotatable bonds is 3. The van der Waals surface area contributed by atoms with Crippen LogP contribution in [0.4, 0.5) is 0 Å². The van der Waals surface area contributed by atoms with Crippen LogP contribution in [0.5, 0.6) is 5.75 Å². The fourth-order valence-electron chi connectivity index (χ4n) is 2.08. The molecular weight excluding hydrogens is 252 g/mol. The Morgan fingerprint density at radius 3 is 2.94 bits per heavy atom. The molecule has 2 N–H and O–H groups in total. The number of benzene rings is 1. The predicted octanol–water partition coefficient (Wildman–Crippen LogP) is 1.22. The van der Waals surface area contributed by atoms with E-state index in [4.69, 9.17) is 10.5 Å². The molecule has 100 valence electrons. The van der Waals surface area contributed by atoms with Crippen LogP contribution >= 0.6 is 12.4 Å². The Kier molecular flexibility index (Phi) is 5.44. The van der Waals surface area contributed by atoms with Crippen LogP contribution in [0.25, 0.3) is 0 Å². The highest BCUT2D eigenvalue weighted by atomic mass is 35.5. The standard InChI is InChI=1S/C13H18N2O2.ClH/c1-17-12-4-2-3-10(7-12)8-13(16)15-6-5-11(14)9-15;/h2-4,7,11H,5-6,8-9,14H2,1H3;1H/t11-;/m1./s1. The molecule has 5 heteroatoms. The van der Waals surface area contributed by atoms with Crippen LogP contribution in [0, 0.1) is 0 Å². The molecule has 1 heterocycles. The van der Waals surface area contributed by atoms with Gasteiger partial charge >= 0.3 is 0 Å². The zero-order chi connectivity index (χ0) is 12.3. The Labute approximate surface area is 114 Å². The Morgan fingerprint density at radius 1 is 1.56 bits per heavy atom. The average Bonchev–Trinajstić information content (AvgIpc) is 2.76. The third-order valence-corrected chi connectivity index (χ3v) is 3.07. The zero-order valence-electron chi connectivity index (χ0n) is 10.5. The molecule has 4 nitrogen and oxygen atoms in total. The van der Waals surface area contributed by atoms with Gasteiger partial charge in [-0.3, -0.25) is 4.79 Å². The van der Waals surface area contributed by atoms with Gasteiger partial charge in [0.1, 0.15) is 5.75 Å². The van der Waals surface area contributed by atoms with Crippen LogP contribution < -0.4 is 10.5 Å². The van der Waals surface area contributed by atoms with Crippen molar-refractivity contribution >= 4 is 18.3 Å². The number of likely N-dealkylation sites (tertiary alicyclic amines) is 1. The molecule has 0 aliphatic carbocycles. The van der Waals surface area contributed by atoms with Crippen LogP contribution in [0.2, 0.25) is 0 Å². The molecule has 0 spiro atoms. The molecule has 2 rings (SSSR count). The van der Waals surface area contributed by atoms with E-state index in [1.165, 1.54) is 0 Å². The molecule has 0 bridgehead atoms. The van der Waals surface area contributed by atoms with Gasteiger partial charge in [0.15, 0.2) is 0 Å². The fourth-order valence-corrected chi connectivity index (χ4v) is 2.08. The van der Waals surface area contributed by atoms with Crippen molar-refractivity contribution < 1.29 is 9.53 Å². The monoisotopic (exact) mass is 270 g/mol. The van der Waals surface area contributed by atoms with Crippen LogP contribution in [0.15, 0.2) is 24.3 Å². The molecule has 1 aliphatic rings. The zero-order valence-corrected chi connectivity index (χ0v) is 11.3. The van der Waals surface area contributed by atoms with Crippen LogP contribution in [-0.4, -0.2) is 37.0 Å². The number of halogens is 1. The molecule has 0 saturated carbocycles. The topological polar surface area (TPSA) is 55.6 Å². The quantitative estimate of drug-likeness (QED) is 0.899. The Morgan fingerprint density at radius 2 is 2.33 bits per heavy atom. The number of ether oxygens (including phenoxy) is 1. The molecule has 0 radical (unpaired) electrons. The van der Waals surface area contributed by atoms with Gasteiger partial charge < -0.3 is 15.4 Å². The van der Waals surface area contributed by atoms with E-state index in [1.54, 1.807) is 7.11 Å². The van der Waals surface area contributed by atoms with Crippen LogP contribution in [0.3, 0.4) is 0 Å². The second-order valence-corrected chi connectivity index (χ2v) is 4.42. The first-order valence-corrected chi connectivity index (χ1v) is 5.85. The molecule has 1 atom stereocenters. The third kappa shape index (κ3) is 3.62. The molecule has 0 unspecified atom stereocenters. The number of carbonyl (C=O) groups is 1. The van der Waals surface area contributed by atoms with Gasteiger partial charge in [-0.2, -0.15) is 0 Å². The molecular formula is C13H19ClN2O2. The van der Waals surface area contributed by atoms with Crippen LogP contribution in [-0.2, 0) is 11.2 Å². The van der Waals surface area contributed by atoms with Crippen molar-refractivity contribution in [2.24, 2.45) is 5.73 Å².